The predicted molar refractivity (Wildman–Crippen MR) is 48.1 cm³/mol. The monoisotopic (exact) mass is 178 g/mol. The van der Waals surface area contributed by atoms with Gasteiger partial charge in [0.15, 0.2) is 6.29 Å². The summed E-state index contributed by atoms with van der Waals surface area (Å²) in [6.45, 7) is 0. The van der Waals surface area contributed by atoms with Crippen LogP contribution in [0.2, 0.25) is 0 Å². The van der Waals surface area contributed by atoms with Gasteiger partial charge in [0, 0.05) is 12.6 Å². The number of aldehydes is 1. The number of nitrogens with two attached hydrogens (primary N) is 1. The van der Waals surface area contributed by atoms with Gasteiger partial charge in [0.1, 0.15) is 0 Å². The fourth-order valence-corrected chi connectivity index (χ4v) is 0.985. The number of hydrogen-bond donors (Lipinski definition) is 1. The SMILES string of the molecule is CN(N)C(=O)c1ccccc1C=O. The minimum absolute atomic E-state index is 0.322. The topological polar surface area (TPSA) is 63.4 Å². The van der Waals surface area contributed by atoms with E-state index in [1.165, 1.54) is 7.05 Å². The van der Waals surface area contributed by atoms with Crippen molar-refractivity contribution in [2.75, 3.05) is 7.05 Å². The van der Waals surface area contributed by atoms with Gasteiger partial charge in [0.2, 0.25) is 0 Å². The van der Waals surface area contributed by atoms with E-state index in [0.717, 1.165) is 5.01 Å². The molecule has 68 valence electrons. The molecule has 4 nitrogen and oxygen atoms in total. The van der Waals surface area contributed by atoms with E-state index < -0.39 is 0 Å². The molecular weight excluding hydrogens is 168 g/mol. The Bertz CT molecular complexity index is 334. The summed E-state index contributed by atoms with van der Waals surface area (Å²) >= 11 is 0. The second-order valence-corrected chi connectivity index (χ2v) is 2.62. The molecule has 0 atom stereocenters. The Labute approximate surface area is 75.9 Å². The smallest absolute Gasteiger partial charge is 0.268 e. The highest BCUT2D eigenvalue weighted by molar-refractivity contribution is 6.00. The van der Waals surface area contributed by atoms with Gasteiger partial charge < -0.3 is 0 Å². The molecule has 0 unspecified atom stereocenters. The van der Waals surface area contributed by atoms with Gasteiger partial charge in [0.05, 0.1) is 5.56 Å². The van der Waals surface area contributed by atoms with Crippen molar-refractivity contribution in [3.05, 3.63) is 35.4 Å². The van der Waals surface area contributed by atoms with Gasteiger partial charge in [0.25, 0.3) is 5.91 Å². The average Bonchev–Trinajstić information content (AvgIpc) is 2.16. The van der Waals surface area contributed by atoms with Crippen molar-refractivity contribution in [3.63, 3.8) is 0 Å². The van der Waals surface area contributed by atoms with Crippen LogP contribution in [0, 0.1) is 0 Å². The van der Waals surface area contributed by atoms with E-state index in [0.29, 0.717) is 17.4 Å². The number of hydrazine groups is 1. The van der Waals surface area contributed by atoms with Gasteiger partial charge in [-0.1, -0.05) is 18.2 Å². The Balaban J connectivity index is 3.13. The summed E-state index contributed by atoms with van der Waals surface area (Å²) in [5.74, 6) is 4.89. The van der Waals surface area contributed by atoms with Gasteiger partial charge in [-0.3, -0.25) is 14.6 Å². The van der Waals surface area contributed by atoms with Crippen LogP contribution in [-0.4, -0.2) is 24.2 Å². The highest BCUT2D eigenvalue weighted by Crippen LogP contribution is 2.07. The average molecular weight is 178 g/mol. The van der Waals surface area contributed by atoms with Gasteiger partial charge in [-0.25, -0.2) is 5.84 Å². The van der Waals surface area contributed by atoms with Crippen molar-refractivity contribution in [2.24, 2.45) is 5.84 Å². The standard InChI is InChI=1S/C9H10N2O2/c1-11(10)9(13)8-5-3-2-4-7(8)6-12/h2-6H,10H2,1H3. The first-order chi connectivity index (χ1) is 6.16. The third-order valence-electron chi connectivity index (χ3n) is 1.64. The van der Waals surface area contributed by atoms with E-state index in [1.54, 1.807) is 24.3 Å². The first kappa shape index (κ1) is 9.41. The van der Waals surface area contributed by atoms with Crippen LogP contribution >= 0.6 is 0 Å². The first-order valence-corrected chi connectivity index (χ1v) is 3.73. The molecule has 0 radical (unpaired) electrons. The summed E-state index contributed by atoms with van der Waals surface area (Å²) in [5.41, 5.74) is 0.673. The van der Waals surface area contributed by atoms with Crippen LogP contribution in [0.25, 0.3) is 0 Å². The lowest BCUT2D eigenvalue weighted by atomic mass is 10.1. The van der Waals surface area contributed by atoms with E-state index in [9.17, 15) is 9.59 Å². The quantitative estimate of drug-likeness (QED) is 0.309. The Morgan fingerprint density at radius 3 is 2.62 bits per heavy atom. The molecule has 1 aromatic rings. The van der Waals surface area contributed by atoms with Crippen LogP contribution in [0.5, 0.6) is 0 Å². The highest BCUT2D eigenvalue weighted by Gasteiger charge is 2.11. The molecule has 1 rings (SSSR count). The molecule has 0 spiro atoms. The fourth-order valence-electron chi connectivity index (χ4n) is 0.985. The van der Waals surface area contributed by atoms with Crippen molar-refractivity contribution in [2.45, 2.75) is 0 Å². The highest BCUT2D eigenvalue weighted by atomic mass is 16.2. The van der Waals surface area contributed by atoms with Crippen LogP contribution in [0.3, 0.4) is 0 Å². The summed E-state index contributed by atoms with van der Waals surface area (Å²) < 4.78 is 0. The minimum atomic E-state index is -0.372. The molecule has 0 saturated carbocycles. The van der Waals surface area contributed by atoms with E-state index in [-0.39, 0.29) is 5.91 Å². The molecule has 13 heavy (non-hydrogen) atoms. The first-order valence-electron chi connectivity index (χ1n) is 3.73. The lowest BCUT2D eigenvalue weighted by Gasteiger charge is -2.10. The van der Waals surface area contributed by atoms with Crippen LogP contribution < -0.4 is 5.84 Å². The molecule has 1 aromatic carbocycles. The molecule has 0 heterocycles. The molecule has 0 saturated heterocycles. The Morgan fingerprint density at radius 2 is 2.08 bits per heavy atom. The van der Waals surface area contributed by atoms with Crippen molar-refractivity contribution < 1.29 is 9.59 Å². The lowest BCUT2D eigenvalue weighted by Crippen LogP contribution is -2.33. The van der Waals surface area contributed by atoms with Crippen molar-refractivity contribution in [1.82, 2.24) is 5.01 Å². The molecule has 0 aliphatic carbocycles. The lowest BCUT2D eigenvalue weighted by molar-refractivity contribution is 0.0792. The van der Waals surface area contributed by atoms with Gasteiger partial charge >= 0.3 is 0 Å². The number of carbonyl (C=O) groups is 2. The van der Waals surface area contributed by atoms with E-state index in [1.807, 2.05) is 0 Å². The second-order valence-electron chi connectivity index (χ2n) is 2.62. The third-order valence-corrected chi connectivity index (χ3v) is 1.64. The molecule has 1 amide bonds. The van der Waals surface area contributed by atoms with Crippen LogP contribution in [-0.2, 0) is 0 Å². The summed E-state index contributed by atoms with van der Waals surface area (Å²) in [6, 6.07) is 6.51. The van der Waals surface area contributed by atoms with Crippen LogP contribution in [0.4, 0.5) is 0 Å². The van der Waals surface area contributed by atoms with Gasteiger partial charge in [-0.2, -0.15) is 0 Å². The fraction of sp³-hybridized carbons (Fsp3) is 0.111. The zero-order valence-corrected chi connectivity index (χ0v) is 7.23. The van der Waals surface area contributed by atoms with Gasteiger partial charge in [-0.05, 0) is 6.07 Å². The number of rotatable bonds is 2. The van der Waals surface area contributed by atoms with Crippen molar-refractivity contribution in [3.8, 4) is 0 Å². The molecule has 0 aliphatic heterocycles. The summed E-state index contributed by atoms with van der Waals surface area (Å²) in [4.78, 5) is 21.9. The molecule has 0 fully saturated rings. The van der Waals surface area contributed by atoms with Crippen molar-refractivity contribution in [1.29, 1.82) is 0 Å². The van der Waals surface area contributed by atoms with Crippen molar-refractivity contribution >= 4 is 12.2 Å². The molecule has 2 N–H and O–H groups in total. The summed E-state index contributed by atoms with van der Waals surface area (Å²) in [6.07, 6.45) is 0.636. The maximum Gasteiger partial charge on any atom is 0.268 e. The minimum Gasteiger partial charge on any atom is -0.298 e. The van der Waals surface area contributed by atoms with E-state index >= 15 is 0 Å². The van der Waals surface area contributed by atoms with E-state index in [2.05, 4.69) is 0 Å². The third kappa shape index (κ3) is 1.91. The largest absolute Gasteiger partial charge is 0.298 e. The van der Waals surface area contributed by atoms with E-state index in [4.69, 9.17) is 5.84 Å². The van der Waals surface area contributed by atoms with Crippen LogP contribution in [0.1, 0.15) is 20.7 Å². The predicted octanol–water partition coefficient (Wildman–Crippen LogP) is 0.445. The molecule has 0 bridgehead atoms. The maximum absolute atomic E-state index is 11.4. The normalized spacial score (nSPS) is 9.38. The maximum atomic E-state index is 11.4. The zero-order chi connectivity index (χ0) is 9.84. The van der Waals surface area contributed by atoms with Gasteiger partial charge in [-0.15, -0.1) is 0 Å². The number of amides is 1. The number of carbonyl (C=O) groups excluding carboxylic acids is 2. The Morgan fingerprint density at radius 1 is 1.46 bits per heavy atom. The number of nitrogens with zero attached hydrogens (tertiary/aromatic N) is 1. The summed E-state index contributed by atoms with van der Waals surface area (Å²) in [5, 5.41) is 0.947. The molecule has 0 aliphatic rings. The molecule has 0 aromatic heterocycles. The Kier molecular flexibility index (Phi) is 2.76. The molecule has 4 heteroatoms. The Hall–Kier alpha value is -1.68. The molecular formula is C9H10N2O2. The number of benzene rings is 1. The number of hydrogen-bond acceptors (Lipinski definition) is 3. The second kappa shape index (κ2) is 3.82. The zero-order valence-electron chi connectivity index (χ0n) is 7.23. The summed E-state index contributed by atoms with van der Waals surface area (Å²) in [7, 11) is 1.43. The van der Waals surface area contributed by atoms with Crippen LogP contribution in [0.15, 0.2) is 24.3 Å².